The van der Waals surface area contributed by atoms with E-state index in [1.807, 2.05) is 6.07 Å². The topological polar surface area (TPSA) is 34.1 Å². The maximum atomic E-state index is 13.7. The van der Waals surface area contributed by atoms with Crippen LogP contribution in [0, 0.1) is 11.6 Å². The van der Waals surface area contributed by atoms with Gasteiger partial charge in [-0.3, -0.25) is 0 Å². The molecule has 0 bridgehead atoms. The lowest BCUT2D eigenvalue weighted by Crippen LogP contribution is -2.16. The molecule has 3 rings (SSSR count). The molecule has 2 aromatic rings. The van der Waals surface area contributed by atoms with E-state index in [4.69, 9.17) is 4.74 Å². The molecule has 0 amide bonds. The smallest absolute Gasteiger partial charge is 0.219 e. The van der Waals surface area contributed by atoms with E-state index in [1.165, 1.54) is 18.9 Å². The first-order valence-electron chi connectivity index (χ1n) is 6.63. The Labute approximate surface area is 129 Å². The van der Waals surface area contributed by atoms with E-state index in [1.54, 1.807) is 12.1 Å². The molecule has 1 fully saturated rings. The third kappa shape index (κ3) is 3.77. The first kappa shape index (κ1) is 14.4. The SMILES string of the molecule is Fc1cc(Br)cc(Oc2cccc(CNC3CC3)n2)c1F. The van der Waals surface area contributed by atoms with Crippen molar-refractivity contribution in [2.75, 3.05) is 0 Å². The van der Waals surface area contributed by atoms with Gasteiger partial charge in [0.25, 0.3) is 0 Å². The van der Waals surface area contributed by atoms with Crippen molar-refractivity contribution in [1.82, 2.24) is 10.3 Å². The van der Waals surface area contributed by atoms with Crippen molar-refractivity contribution in [1.29, 1.82) is 0 Å². The molecule has 0 spiro atoms. The second kappa shape index (κ2) is 6.07. The molecule has 0 aliphatic heterocycles. The van der Waals surface area contributed by atoms with Crippen molar-refractivity contribution < 1.29 is 13.5 Å². The van der Waals surface area contributed by atoms with Crippen LogP contribution in [0.15, 0.2) is 34.8 Å². The Morgan fingerprint density at radius 1 is 1.29 bits per heavy atom. The lowest BCUT2D eigenvalue weighted by Gasteiger charge is -2.09. The van der Waals surface area contributed by atoms with Crippen LogP contribution in [-0.2, 0) is 6.54 Å². The molecule has 110 valence electrons. The van der Waals surface area contributed by atoms with Gasteiger partial charge in [-0.15, -0.1) is 0 Å². The molecule has 0 unspecified atom stereocenters. The summed E-state index contributed by atoms with van der Waals surface area (Å²) in [6.07, 6.45) is 2.39. The maximum Gasteiger partial charge on any atom is 0.219 e. The minimum absolute atomic E-state index is 0.193. The summed E-state index contributed by atoms with van der Waals surface area (Å²) in [5.74, 6) is -1.95. The number of pyridine rings is 1. The van der Waals surface area contributed by atoms with Crippen LogP contribution in [0.1, 0.15) is 18.5 Å². The fraction of sp³-hybridized carbons (Fsp3) is 0.267. The Kier molecular flexibility index (Phi) is 4.17. The summed E-state index contributed by atoms with van der Waals surface area (Å²) < 4.78 is 32.7. The monoisotopic (exact) mass is 354 g/mol. The lowest BCUT2D eigenvalue weighted by atomic mass is 10.3. The van der Waals surface area contributed by atoms with Gasteiger partial charge in [-0.25, -0.2) is 9.37 Å². The fourth-order valence-electron chi connectivity index (χ4n) is 1.87. The van der Waals surface area contributed by atoms with Crippen molar-refractivity contribution in [3.05, 3.63) is 52.1 Å². The van der Waals surface area contributed by atoms with Crippen LogP contribution in [-0.4, -0.2) is 11.0 Å². The van der Waals surface area contributed by atoms with Crippen molar-refractivity contribution in [2.24, 2.45) is 0 Å². The molecule has 1 N–H and O–H groups in total. The highest BCUT2D eigenvalue weighted by Gasteiger charge is 2.20. The number of hydrogen-bond donors (Lipinski definition) is 1. The number of ether oxygens (including phenoxy) is 1. The average molecular weight is 355 g/mol. The molecule has 1 saturated carbocycles. The Balaban J connectivity index is 1.76. The summed E-state index contributed by atoms with van der Waals surface area (Å²) in [6.45, 7) is 0.636. The Hall–Kier alpha value is -1.53. The predicted molar refractivity (Wildman–Crippen MR) is 78.2 cm³/mol. The molecular weight excluding hydrogens is 342 g/mol. The molecule has 0 atom stereocenters. The Morgan fingerprint density at radius 2 is 2.10 bits per heavy atom. The van der Waals surface area contributed by atoms with Crippen LogP contribution in [0.5, 0.6) is 11.6 Å². The van der Waals surface area contributed by atoms with E-state index in [0.29, 0.717) is 17.1 Å². The highest BCUT2D eigenvalue weighted by Crippen LogP contribution is 2.29. The minimum Gasteiger partial charge on any atom is -0.436 e. The number of halogens is 3. The lowest BCUT2D eigenvalue weighted by molar-refractivity contribution is 0.403. The molecule has 21 heavy (non-hydrogen) atoms. The van der Waals surface area contributed by atoms with Gasteiger partial charge in [-0.2, -0.15) is 4.39 Å². The van der Waals surface area contributed by atoms with Gasteiger partial charge < -0.3 is 10.1 Å². The Bertz CT molecular complexity index is 662. The van der Waals surface area contributed by atoms with Gasteiger partial charge in [0.05, 0.1) is 5.69 Å². The number of rotatable bonds is 5. The zero-order valence-corrected chi connectivity index (χ0v) is 12.7. The summed E-state index contributed by atoms with van der Waals surface area (Å²) in [5, 5.41) is 3.33. The summed E-state index contributed by atoms with van der Waals surface area (Å²) >= 11 is 3.11. The summed E-state index contributed by atoms with van der Waals surface area (Å²) in [5.41, 5.74) is 0.801. The molecule has 0 radical (unpaired) electrons. The van der Waals surface area contributed by atoms with Gasteiger partial charge in [-0.1, -0.05) is 22.0 Å². The molecule has 0 saturated heterocycles. The number of aromatic nitrogens is 1. The predicted octanol–water partition coefficient (Wildman–Crippen LogP) is 4.17. The number of nitrogens with one attached hydrogen (secondary N) is 1. The van der Waals surface area contributed by atoms with E-state index in [9.17, 15) is 8.78 Å². The van der Waals surface area contributed by atoms with Gasteiger partial charge in [0, 0.05) is 23.1 Å². The van der Waals surface area contributed by atoms with Crippen LogP contribution < -0.4 is 10.1 Å². The number of benzene rings is 1. The molecule has 1 aliphatic carbocycles. The van der Waals surface area contributed by atoms with Crippen molar-refractivity contribution in [3.8, 4) is 11.6 Å². The molecule has 1 aromatic carbocycles. The van der Waals surface area contributed by atoms with Crippen molar-refractivity contribution in [3.63, 3.8) is 0 Å². The standard InChI is InChI=1S/C15H13BrF2N2O/c16-9-6-12(17)15(18)13(7-9)21-14-3-1-2-11(20-14)8-19-10-4-5-10/h1-3,6-7,10,19H,4-5,8H2. The van der Waals surface area contributed by atoms with Crippen LogP contribution in [0.3, 0.4) is 0 Å². The molecular formula is C15H13BrF2N2O. The van der Waals surface area contributed by atoms with Crippen LogP contribution in [0.4, 0.5) is 8.78 Å². The summed E-state index contributed by atoms with van der Waals surface area (Å²) in [6, 6.07) is 8.24. The zero-order valence-electron chi connectivity index (χ0n) is 11.1. The van der Waals surface area contributed by atoms with Crippen molar-refractivity contribution in [2.45, 2.75) is 25.4 Å². The summed E-state index contributed by atoms with van der Waals surface area (Å²) in [7, 11) is 0. The molecule has 1 aromatic heterocycles. The quantitative estimate of drug-likeness (QED) is 0.818. The maximum absolute atomic E-state index is 13.7. The zero-order chi connectivity index (χ0) is 14.8. The van der Waals surface area contributed by atoms with Crippen LogP contribution in [0.25, 0.3) is 0 Å². The molecule has 6 heteroatoms. The second-order valence-corrected chi connectivity index (χ2v) is 5.84. The van der Waals surface area contributed by atoms with Gasteiger partial charge in [0.15, 0.2) is 11.6 Å². The fourth-order valence-corrected chi connectivity index (χ4v) is 2.28. The van der Waals surface area contributed by atoms with Crippen LogP contribution in [0.2, 0.25) is 0 Å². The Morgan fingerprint density at radius 3 is 2.86 bits per heavy atom. The minimum atomic E-state index is -1.03. The average Bonchev–Trinajstić information content (AvgIpc) is 3.27. The largest absolute Gasteiger partial charge is 0.436 e. The van der Waals surface area contributed by atoms with E-state index in [2.05, 4.69) is 26.2 Å². The summed E-state index contributed by atoms with van der Waals surface area (Å²) in [4.78, 5) is 4.28. The van der Waals surface area contributed by atoms with Crippen molar-refractivity contribution >= 4 is 15.9 Å². The molecule has 1 heterocycles. The highest BCUT2D eigenvalue weighted by molar-refractivity contribution is 9.10. The number of hydrogen-bond acceptors (Lipinski definition) is 3. The van der Waals surface area contributed by atoms with Gasteiger partial charge in [0.2, 0.25) is 11.7 Å². The van der Waals surface area contributed by atoms with Gasteiger partial charge in [0.1, 0.15) is 0 Å². The normalized spacial score (nSPS) is 14.2. The van der Waals surface area contributed by atoms with E-state index >= 15 is 0 Å². The van der Waals surface area contributed by atoms with E-state index in [-0.39, 0.29) is 11.6 Å². The molecule has 3 nitrogen and oxygen atoms in total. The highest BCUT2D eigenvalue weighted by atomic mass is 79.9. The van der Waals surface area contributed by atoms with Gasteiger partial charge >= 0.3 is 0 Å². The molecule has 1 aliphatic rings. The van der Waals surface area contributed by atoms with Gasteiger partial charge in [-0.05, 0) is 31.0 Å². The third-order valence-electron chi connectivity index (χ3n) is 3.10. The number of nitrogens with zero attached hydrogens (tertiary/aromatic N) is 1. The third-order valence-corrected chi connectivity index (χ3v) is 3.56. The van der Waals surface area contributed by atoms with E-state index in [0.717, 1.165) is 11.8 Å². The first-order chi connectivity index (χ1) is 10.1. The van der Waals surface area contributed by atoms with Crippen LogP contribution >= 0.6 is 15.9 Å². The first-order valence-corrected chi connectivity index (χ1v) is 7.43. The second-order valence-electron chi connectivity index (χ2n) is 4.92. The van der Waals surface area contributed by atoms with E-state index < -0.39 is 11.6 Å².